The first-order valence-electron chi connectivity index (χ1n) is 7.15. The molecule has 1 aliphatic carbocycles. The maximum Gasteiger partial charge on any atom is 0.240 e. The first-order valence-corrected chi connectivity index (χ1v) is 7.15. The van der Waals surface area contributed by atoms with Crippen molar-refractivity contribution < 1.29 is 4.79 Å². The number of carbonyl (C=O) groups is 1. The van der Waals surface area contributed by atoms with E-state index in [9.17, 15) is 4.79 Å². The Balaban J connectivity index is 1.89. The summed E-state index contributed by atoms with van der Waals surface area (Å²) in [6.45, 7) is 1.82. The highest BCUT2D eigenvalue weighted by molar-refractivity contribution is 5.82. The summed E-state index contributed by atoms with van der Waals surface area (Å²) in [6.07, 6.45) is 5.42. The van der Waals surface area contributed by atoms with Crippen molar-refractivity contribution in [2.24, 2.45) is 5.92 Å². The summed E-state index contributed by atoms with van der Waals surface area (Å²) in [5.41, 5.74) is 4.20. The molecule has 2 fully saturated rings. The number of hydrogen-bond donors (Lipinski definition) is 1. The fraction of sp³-hybridized carbons (Fsp3) is 0.533. The van der Waals surface area contributed by atoms with Gasteiger partial charge in [0.15, 0.2) is 0 Å². The fourth-order valence-electron chi connectivity index (χ4n) is 3.29. The number of aryl methyl sites for hydroxylation is 1. The predicted molar refractivity (Wildman–Crippen MR) is 74.7 cm³/mol. The minimum atomic E-state index is 0.0608. The number of nitrogens with zero attached hydrogens (tertiary/aromatic N) is 3. The quantitative estimate of drug-likeness (QED) is 0.893. The van der Waals surface area contributed by atoms with Crippen molar-refractivity contribution in [3.8, 4) is 6.07 Å². The maximum absolute atomic E-state index is 11.8. The third-order valence-electron chi connectivity index (χ3n) is 4.35. The van der Waals surface area contributed by atoms with Crippen molar-refractivity contribution >= 4 is 11.7 Å². The standard InChI is InChI=1S/C15H18N4O/c1-10-12(9-16)6-7-14(17-10)19-13(8-15(20)18-19)11-4-2-3-5-11/h6-7,11,13H,2-5,8H2,1H3,(H,18,20). The number of hydrogen-bond acceptors (Lipinski definition) is 4. The van der Waals surface area contributed by atoms with Gasteiger partial charge in [0.25, 0.3) is 0 Å². The molecule has 0 radical (unpaired) electrons. The summed E-state index contributed by atoms with van der Waals surface area (Å²) >= 11 is 0. The fourth-order valence-corrected chi connectivity index (χ4v) is 3.29. The molecule has 0 spiro atoms. The summed E-state index contributed by atoms with van der Waals surface area (Å²) in [6, 6.07) is 5.91. The lowest BCUT2D eigenvalue weighted by molar-refractivity contribution is -0.119. The van der Waals surface area contributed by atoms with Crippen LogP contribution in [0.2, 0.25) is 0 Å². The number of nitriles is 1. The number of aromatic nitrogens is 1. The van der Waals surface area contributed by atoms with Crippen molar-refractivity contribution in [1.29, 1.82) is 5.26 Å². The molecule has 1 unspecified atom stereocenters. The van der Waals surface area contributed by atoms with Gasteiger partial charge in [0.05, 0.1) is 23.7 Å². The van der Waals surface area contributed by atoms with Crippen molar-refractivity contribution in [1.82, 2.24) is 10.4 Å². The van der Waals surface area contributed by atoms with Gasteiger partial charge in [0, 0.05) is 0 Å². The third kappa shape index (κ3) is 2.22. The zero-order valence-electron chi connectivity index (χ0n) is 11.6. The average Bonchev–Trinajstić information content (AvgIpc) is 3.07. The van der Waals surface area contributed by atoms with E-state index >= 15 is 0 Å². The zero-order chi connectivity index (χ0) is 14.1. The molecule has 1 saturated heterocycles. The van der Waals surface area contributed by atoms with Gasteiger partial charge in [-0.1, -0.05) is 12.8 Å². The van der Waals surface area contributed by atoms with Crippen LogP contribution in [0.1, 0.15) is 43.4 Å². The van der Waals surface area contributed by atoms with E-state index in [4.69, 9.17) is 5.26 Å². The summed E-state index contributed by atoms with van der Waals surface area (Å²) in [4.78, 5) is 16.2. The minimum absolute atomic E-state index is 0.0608. The lowest BCUT2D eigenvalue weighted by atomic mass is 9.96. The monoisotopic (exact) mass is 270 g/mol. The summed E-state index contributed by atoms with van der Waals surface area (Å²) in [5, 5.41) is 10.9. The molecule has 1 aromatic heterocycles. The normalized spacial score (nSPS) is 22.9. The van der Waals surface area contributed by atoms with Gasteiger partial charge in [-0.25, -0.2) is 4.98 Å². The highest BCUT2D eigenvalue weighted by atomic mass is 16.2. The van der Waals surface area contributed by atoms with E-state index in [2.05, 4.69) is 16.5 Å². The van der Waals surface area contributed by atoms with Gasteiger partial charge >= 0.3 is 0 Å². The van der Waals surface area contributed by atoms with Crippen LogP contribution in [-0.2, 0) is 4.79 Å². The van der Waals surface area contributed by atoms with E-state index in [1.165, 1.54) is 25.7 Å². The molecule has 5 nitrogen and oxygen atoms in total. The Morgan fingerprint density at radius 3 is 2.80 bits per heavy atom. The summed E-state index contributed by atoms with van der Waals surface area (Å²) in [7, 11) is 0. The maximum atomic E-state index is 11.8. The second-order valence-corrected chi connectivity index (χ2v) is 5.64. The number of carbonyl (C=O) groups excluding carboxylic acids is 1. The van der Waals surface area contributed by atoms with Crippen molar-refractivity contribution in [3.63, 3.8) is 0 Å². The van der Waals surface area contributed by atoms with Crippen LogP contribution in [0.15, 0.2) is 12.1 Å². The Hall–Kier alpha value is -2.09. The lowest BCUT2D eigenvalue weighted by Crippen LogP contribution is -2.42. The molecule has 1 N–H and O–H groups in total. The smallest absolute Gasteiger partial charge is 0.240 e. The third-order valence-corrected chi connectivity index (χ3v) is 4.35. The molecule has 2 heterocycles. The highest BCUT2D eigenvalue weighted by Gasteiger charge is 2.38. The number of pyridine rings is 1. The molecule has 1 saturated carbocycles. The van der Waals surface area contributed by atoms with Crippen LogP contribution in [0.3, 0.4) is 0 Å². The molecule has 1 aromatic rings. The molecule has 20 heavy (non-hydrogen) atoms. The zero-order valence-corrected chi connectivity index (χ0v) is 11.6. The van der Waals surface area contributed by atoms with E-state index in [-0.39, 0.29) is 11.9 Å². The van der Waals surface area contributed by atoms with Crippen LogP contribution in [0.4, 0.5) is 5.82 Å². The average molecular weight is 270 g/mol. The van der Waals surface area contributed by atoms with Gasteiger partial charge in [-0.3, -0.25) is 15.2 Å². The first kappa shape index (κ1) is 12.9. The van der Waals surface area contributed by atoms with Crippen molar-refractivity contribution in [3.05, 3.63) is 23.4 Å². The molecule has 5 heteroatoms. The molecule has 2 aliphatic rings. The molecule has 1 amide bonds. The Morgan fingerprint density at radius 2 is 2.15 bits per heavy atom. The van der Waals surface area contributed by atoms with Crippen LogP contribution in [0, 0.1) is 24.2 Å². The second kappa shape index (κ2) is 5.12. The molecule has 3 rings (SSSR count). The van der Waals surface area contributed by atoms with Gasteiger partial charge < -0.3 is 0 Å². The van der Waals surface area contributed by atoms with Gasteiger partial charge in [-0.15, -0.1) is 0 Å². The van der Waals surface area contributed by atoms with Crippen LogP contribution < -0.4 is 10.4 Å². The SMILES string of the molecule is Cc1nc(N2NC(=O)CC2C2CCCC2)ccc1C#N. The minimum Gasteiger partial charge on any atom is -0.273 e. The molecule has 0 aromatic carbocycles. The van der Waals surface area contributed by atoms with Crippen molar-refractivity contribution in [2.75, 3.05) is 5.01 Å². The van der Waals surface area contributed by atoms with Gasteiger partial charge in [-0.2, -0.15) is 5.26 Å². The highest BCUT2D eigenvalue weighted by Crippen LogP contribution is 2.35. The van der Waals surface area contributed by atoms with Gasteiger partial charge in [0.2, 0.25) is 5.91 Å². The van der Waals surface area contributed by atoms with Crippen LogP contribution in [-0.4, -0.2) is 16.9 Å². The van der Waals surface area contributed by atoms with Crippen LogP contribution >= 0.6 is 0 Å². The molecule has 0 bridgehead atoms. The van der Waals surface area contributed by atoms with E-state index in [1.54, 1.807) is 6.07 Å². The molecule has 1 atom stereocenters. The molecular formula is C15H18N4O. The predicted octanol–water partition coefficient (Wildman–Crippen LogP) is 2.06. The van der Waals surface area contributed by atoms with E-state index in [0.717, 1.165) is 5.82 Å². The van der Waals surface area contributed by atoms with E-state index in [1.807, 2.05) is 18.0 Å². The molecule has 1 aliphatic heterocycles. The Bertz CT molecular complexity index is 572. The van der Waals surface area contributed by atoms with Crippen LogP contribution in [0.5, 0.6) is 0 Å². The number of nitrogens with one attached hydrogen (secondary N) is 1. The van der Waals surface area contributed by atoms with Gasteiger partial charge in [0.1, 0.15) is 11.9 Å². The first-order chi connectivity index (χ1) is 9.69. The van der Waals surface area contributed by atoms with E-state index in [0.29, 0.717) is 23.6 Å². The summed E-state index contributed by atoms with van der Waals surface area (Å²) in [5.74, 6) is 1.36. The van der Waals surface area contributed by atoms with Crippen LogP contribution in [0.25, 0.3) is 0 Å². The number of hydrazine groups is 1. The molecule has 104 valence electrons. The van der Waals surface area contributed by atoms with Crippen molar-refractivity contribution in [2.45, 2.75) is 45.1 Å². The Labute approximate surface area is 118 Å². The Kier molecular flexibility index (Phi) is 3.31. The number of amides is 1. The largest absolute Gasteiger partial charge is 0.273 e. The Morgan fingerprint density at radius 1 is 1.40 bits per heavy atom. The summed E-state index contributed by atoms with van der Waals surface area (Å²) < 4.78 is 0. The second-order valence-electron chi connectivity index (χ2n) is 5.64. The van der Waals surface area contributed by atoms with Gasteiger partial charge in [-0.05, 0) is 37.8 Å². The molecular weight excluding hydrogens is 252 g/mol. The lowest BCUT2D eigenvalue weighted by Gasteiger charge is -2.28. The van der Waals surface area contributed by atoms with E-state index < -0.39 is 0 Å². The number of rotatable bonds is 2. The topological polar surface area (TPSA) is 69.0 Å². The number of anilines is 1.